The van der Waals surface area contributed by atoms with Crippen LogP contribution in [0.5, 0.6) is 5.75 Å². The Labute approximate surface area is 160 Å². The number of alkyl halides is 3. The molecule has 9 heteroatoms. The number of halogens is 3. The number of rotatable bonds is 4. The maximum Gasteiger partial charge on any atom is 0.408 e. The monoisotopic (exact) mass is 397 g/mol. The highest BCUT2D eigenvalue weighted by molar-refractivity contribution is 5.95. The lowest BCUT2D eigenvalue weighted by atomic mass is 10.0. The smallest absolute Gasteiger partial charge is 0.408 e. The van der Waals surface area contributed by atoms with Gasteiger partial charge in [-0.25, -0.2) is 0 Å². The fourth-order valence-corrected chi connectivity index (χ4v) is 3.52. The fourth-order valence-electron chi connectivity index (χ4n) is 3.52. The molecule has 6 nitrogen and oxygen atoms in total. The third kappa shape index (κ3) is 4.14. The number of carbonyl (C=O) groups excluding carboxylic acids is 1. The summed E-state index contributed by atoms with van der Waals surface area (Å²) < 4.78 is 50.2. The van der Waals surface area contributed by atoms with Crippen LogP contribution < -0.4 is 4.74 Å². The summed E-state index contributed by atoms with van der Waals surface area (Å²) >= 11 is 0. The summed E-state index contributed by atoms with van der Waals surface area (Å²) in [6, 6.07) is 6.28. The summed E-state index contributed by atoms with van der Waals surface area (Å²) in [7, 11) is 1.52. The van der Waals surface area contributed by atoms with E-state index in [1.165, 1.54) is 7.11 Å². The Morgan fingerprint density at radius 1 is 1.36 bits per heavy atom. The van der Waals surface area contributed by atoms with Gasteiger partial charge in [-0.05, 0) is 32.0 Å². The van der Waals surface area contributed by atoms with Crippen LogP contribution in [-0.2, 0) is 11.3 Å². The highest BCUT2D eigenvalue weighted by Crippen LogP contribution is 2.32. The van der Waals surface area contributed by atoms with Crippen molar-refractivity contribution < 1.29 is 27.4 Å². The lowest BCUT2D eigenvalue weighted by Gasteiger charge is -2.36. The lowest BCUT2D eigenvalue weighted by molar-refractivity contribution is -0.143. The quantitative estimate of drug-likeness (QED) is 0.795. The first-order valence-electron chi connectivity index (χ1n) is 8.84. The second-order valence-corrected chi connectivity index (χ2v) is 6.68. The number of aromatic nitrogens is 2. The Morgan fingerprint density at radius 2 is 2.11 bits per heavy atom. The van der Waals surface area contributed by atoms with E-state index >= 15 is 0 Å². The van der Waals surface area contributed by atoms with Crippen LogP contribution in [0.3, 0.4) is 0 Å². The minimum Gasteiger partial charge on any atom is -0.497 e. The van der Waals surface area contributed by atoms with Crippen molar-refractivity contribution >= 4 is 5.91 Å². The van der Waals surface area contributed by atoms with Crippen LogP contribution in [0.1, 0.15) is 33.4 Å². The normalized spacial score (nSPS) is 17.6. The number of amides is 1. The first kappa shape index (κ1) is 20.2. The Morgan fingerprint density at radius 3 is 2.79 bits per heavy atom. The molecule has 0 aliphatic carbocycles. The molecule has 1 aliphatic rings. The topological polar surface area (TPSA) is 56.6 Å². The van der Waals surface area contributed by atoms with Gasteiger partial charge in [-0.3, -0.25) is 9.48 Å². The van der Waals surface area contributed by atoms with Gasteiger partial charge in [0.25, 0.3) is 5.91 Å². The highest BCUT2D eigenvalue weighted by atomic mass is 19.4. The zero-order valence-corrected chi connectivity index (χ0v) is 15.9. The van der Waals surface area contributed by atoms with Crippen molar-refractivity contribution in [2.24, 2.45) is 0 Å². The second kappa shape index (κ2) is 7.83. The van der Waals surface area contributed by atoms with E-state index in [0.29, 0.717) is 41.4 Å². The number of benzene rings is 1. The van der Waals surface area contributed by atoms with Crippen molar-refractivity contribution in [1.82, 2.24) is 14.7 Å². The van der Waals surface area contributed by atoms with Crippen LogP contribution in [0.2, 0.25) is 0 Å². The number of morpholine rings is 1. The number of ether oxygens (including phenoxy) is 2. The summed E-state index contributed by atoms with van der Waals surface area (Å²) in [5, 5.41) is 4.05. The van der Waals surface area contributed by atoms with Gasteiger partial charge in [0.05, 0.1) is 32.1 Å². The summed E-state index contributed by atoms with van der Waals surface area (Å²) in [5.74, 6) is 0.329. The Kier molecular flexibility index (Phi) is 5.64. The number of nitrogens with zero attached hydrogens (tertiary/aromatic N) is 3. The molecule has 1 aromatic carbocycles. The van der Waals surface area contributed by atoms with Gasteiger partial charge < -0.3 is 14.4 Å². The molecule has 0 saturated carbocycles. The van der Waals surface area contributed by atoms with Crippen molar-refractivity contribution in [1.29, 1.82) is 0 Å². The summed E-state index contributed by atoms with van der Waals surface area (Å²) in [4.78, 5) is 14.7. The molecule has 0 unspecified atom stereocenters. The molecule has 3 rings (SSSR count). The molecule has 2 heterocycles. The van der Waals surface area contributed by atoms with Crippen LogP contribution >= 0.6 is 0 Å². The van der Waals surface area contributed by atoms with Crippen LogP contribution in [-0.4, -0.2) is 53.6 Å². The molecule has 1 saturated heterocycles. The van der Waals surface area contributed by atoms with Crippen molar-refractivity contribution in [2.75, 3.05) is 26.9 Å². The largest absolute Gasteiger partial charge is 0.497 e. The predicted octanol–water partition coefficient (Wildman–Crippen LogP) is 3.28. The second-order valence-electron chi connectivity index (χ2n) is 6.68. The van der Waals surface area contributed by atoms with Crippen molar-refractivity contribution in [3.8, 4) is 5.75 Å². The van der Waals surface area contributed by atoms with Gasteiger partial charge in [0.2, 0.25) is 0 Å². The molecule has 152 valence electrons. The number of hydrogen-bond donors (Lipinski definition) is 0. The molecular formula is C19H22F3N3O3. The molecule has 1 atom stereocenters. The van der Waals surface area contributed by atoms with E-state index in [2.05, 4.69) is 5.10 Å². The van der Waals surface area contributed by atoms with E-state index in [1.54, 1.807) is 43.0 Å². The molecule has 28 heavy (non-hydrogen) atoms. The van der Waals surface area contributed by atoms with Gasteiger partial charge in [0.1, 0.15) is 12.3 Å². The molecule has 1 amide bonds. The van der Waals surface area contributed by atoms with Crippen molar-refractivity contribution in [3.63, 3.8) is 0 Å². The molecular weight excluding hydrogens is 375 g/mol. The Bertz CT molecular complexity index is 864. The average molecular weight is 397 g/mol. The molecule has 2 aromatic rings. The van der Waals surface area contributed by atoms with Crippen LogP contribution in [0.25, 0.3) is 0 Å². The predicted molar refractivity (Wildman–Crippen MR) is 95.3 cm³/mol. The van der Waals surface area contributed by atoms with Gasteiger partial charge in [-0.15, -0.1) is 0 Å². The van der Waals surface area contributed by atoms with Gasteiger partial charge in [-0.2, -0.15) is 18.3 Å². The molecule has 1 fully saturated rings. The number of methoxy groups -OCH3 is 1. The number of aryl methyl sites for hydroxylation is 1. The molecule has 0 bridgehead atoms. The zero-order valence-electron chi connectivity index (χ0n) is 15.9. The van der Waals surface area contributed by atoms with E-state index in [-0.39, 0.29) is 12.5 Å². The molecule has 1 aromatic heterocycles. The van der Waals surface area contributed by atoms with E-state index in [1.807, 2.05) is 0 Å². The number of carbonyl (C=O) groups is 1. The standard InChI is InChI=1S/C19H22F3N3O3/c1-12-17(13(2)25(23-12)11-19(20,21)22)16-10-28-8-7-24(16)18(26)14-5-4-6-15(9-14)27-3/h4-6,9,16H,7-8,10-11H2,1-3H3/t16-/m1/s1. The third-order valence-corrected chi connectivity index (χ3v) is 4.81. The van der Waals surface area contributed by atoms with Crippen molar-refractivity contribution in [2.45, 2.75) is 32.6 Å². The first-order chi connectivity index (χ1) is 13.2. The van der Waals surface area contributed by atoms with E-state index in [0.717, 1.165) is 4.68 Å². The average Bonchev–Trinajstić information content (AvgIpc) is 2.92. The third-order valence-electron chi connectivity index (χ3n) is 4.81. The Balaban J connectivity index is 1.95. The van der Waals surface area contributed by atoms with Gasteiger partial charge >= 0.3 is 6.18 Å². The van der Waals surface area contributed by atoms with E-state index in [4.69, 9.17) is 9.47 Å². The molecule has 1 aliphatic heterocycles. The molecule has 0 N–H and O–H groups in total. The van der Waals surface area contributed by atoms with E-state index < -0.39 is 18.8 Å². The van der Waals surface area contributed by atoms with Gasteiger partial charge in [0.15, 0.2) is 0 Å². The number of hydrogen-bond acceptors (Lipinski definition) is 4. The summed E-state index contributed by atoms with van der Waals surface area (Å²) in [6.45, 7) is 2.97. The maximum atomic E-state index is 13.1. The fraction of sp³-hybridized carbons (Fsp3) is 0.474. The van der Waals surface area contributed by atoms with Gasteiger partial charge in [-0.1, -0.05) is 6.07 Å². The Hall–Kier alpha value is -2.55. The molecule has 0 spiro atoms. The first-order valence-corrected chi connectivity index (χ1v) is 8.84. The SMILES string of the molecule is COc1cccc(C(=O)N2CCOC[C@@H]2c2c(C)nn(CC(F)(F)F)c2C)c1. The van der Waals surface area contributed by atoms with Crippen LogP contribution in [0.4, 0.5) is 13.2 Å². The maximum absolute atomic E-state index is 13.1. The van der Waals surface area contributed by atoms with E-state index in [9.17, 15) is 18.0 Å². The van der Waals surface area contributed by atoms with Gasteiger partial charge in [0, 0.05) is 23.4 Å². The minimum atomic E-state index is -4.38. The van der Waals surface area contributed by atoms with Crippen LogP contribution in [0.15, 0.2) is 24.3 Å². The lowest BCUT2D eigenvalue weighted by Crippen LogP contribution is -2.43. The van der Waals surface area contributed by atoms with Crippen LogP contribution in [0, 0.1) is 13.8 Å². The highest BCUT2D eigenvalue weighted by Gasteiger charge is 2.35. The minimum absolute atomic E-state index is 0.203. The molecule has 0 radical (unpaired) electrons. The zero-order chi connectivity index (χ0) is 20.5. The summed E-state index contributed by atoms with van der Waals surface area (Å²) in [6.07, 6.45) is -4.38. The van der Waals surface area contributed by atoms with Crippen molar-refractivity contribution in [3.05, 3.63) is 46.8 Å². The summed E-state index contributed by atoms with van der Waals surface area (Å²) in [5.41, 5.74) is 1.89.